The largest absolute Gasteiger partial charge is 0.478 e. The van der Waals surface area contributed by atoms with Crippen molar-refractivity contribution < 1.29 is 14.7 Å². The molecule has 0 aromatic carbocycles. The molecule has 66 valence electrons. The molecule has 0 saturated carbocycles. The summed E-state index contributed by atoms with van der Waals surface area (Å²) in [7, 11) is 0. The summed E-state index contributed by atoms with van der Waals surface area (Å²) in [6.07, 6.45) is 6.93. The molecule has 1 heterocycles. The zero-order valence-corrected chi connectivity index (χ0v) is 6.78. The van der Waals surface area contributed by atoms with Gasteiger partial charge in [-0.15, -0.1) is 0 Å². The Morgan fingerprint density at radius 2 is 2.17 bits per heavy atom. The summed E-state index contributed by atoms with van der Waals surface area (Å²) < 4.78 is 0. The van der Waals surface area contributed by atoms with Crippen molar-refractivity contribution in [3.63, 3.8) is 0 Å². The molecular weight excluding hydrogens is 158 g/mol. The van der Waals surface area contributed by atoms with E-state index in [0.29, 0.717) is 0 Å². The molecule has 0 amide bonds. The Balaban J connectivity index is 0.000000202. The van der Waals surface area contributed by atoms with Crippen molar-refractivity contribution in [2.24, 2.45) is 0 Å². The van der Waals surface area contributed by atoms with Gasteiger partial charge in [-0.05, 0) is 19.1 Å². The quantitative estimate of drug-likeness (QED) is 0.579. The third kappa shape index (κ3) is 6.41. The van der Waals surface area contributed by atoms with Crippen molar-refractivity contribution in [1.82, 2.24) is 5.48 Å². The second kappa shape index (κ2) is 6.03. The number of aliphatic carboxylic acids is 1. The van der Waals surface area contributed by atoms with Crippen LogP contribution in [0.25, 0.3) is 0 Å². The molecule has 0 aliphatic carbocycles. The smallest absolute Gasteiger partial charge is 0.330 e. The fraction of sp³-hybridized carbons (Fsp3) is 0.125. The van der Waals surface area contributed by atoms with E-state index in [1.807, 2.05) is 6.08 Å². The van der Waals surface area contributed by atoms with Crippen molar-refractivity contribution in [2.45, 2.75) is 6.92 Å². The summed E-state index contributed by atoms with van der Waals surface area (Å²) in [5.74, 6) is -0.935. The van der Waals surface area contributed by atoms with Crippen molar-refractivity contribution >= 4 is 5.97 Å². The summed E-state index contributed by atoms with van der Waals surface area (Å²) in [6, 6.07) is 0. The van der Waals surface area contributed by atoms with Crippen LogP contribution in [0, 0.1) is 0 Å². The van der Waals surface area contributed by atoms with Crippen LogP contribution in [0.3, 0.4) is 0 Å². The normalized spacial score (nSPS) is 11.8. The maximum Gasteiger partial charge on any atom is 0.330 e. The van der Waals surface area contributed by atoms with Crippen LogP contribution in [-0.4, -0.2) is 11.1 Å². The van der Waals surface area contributed by atoms with E-state index < -0.39 is 5.97 Å². The molecule has 0 aromatic heterocycles. The summed E-state index contributed by atoms with van der Waals surface area (Å²) in [4.78, 5) is 14.2. The van der Waals surface area contributed by atoms with E-state index in [4.69, 9.17) is 5.11 Å². The summed E-state index contributed by atoms with van der Waals surface area (Å²) in [5, 5.41) is 7.89. The van der Waals surface area contributed by atoms with Crippen molar-refractivity contribution in [3.8, 4) is 0 Å². The lowest BCUT2D eigenvalue weighted by atomic mass is 10.4. The standard InChI is InChI=1S/C4H5NO.C4H6O2/c1-2-4-6-5-3-1;1-3(2)4(5)6/h1-5H;1H2,2H3,(H,5,6). The van der Waals surface area contributed by atoms with Crippen LogP contribution in [-0.2, 0) is 9.63 Å². The number of hydroxylamine groups is 1. The predicted molar refractivity (Wildman–Crippen MR) is 45.0 cm³/mol. The van der Waals surface area contributed by atoms with Gasteiger partial charge in [0.05, 0.1) is 0 Å². The lowest BCUT2D eigenvalue weighted by Gasteiger charge is -1.97. The van der Waals surface area contributed by atoms with Gasteiger partial charge in [-0.25, -0.2) is 10.3 Å². The molecule has 4 heteroatoms. The third-order valence-corrected chi connectivity index (χ3v) is 0.855. The molecule has 1 aliphatic heterocycles. The zero-order chi connectivity index (χ0) is 9.40. The first-order valence-corrected chi connectivity index (χ1v) is 3.26. The van der Waals surface area contributed by atoms with E-state index >= 15 is 0 Å². The Morgan fingerprint density at radius 3 is 2.25 bits per heavy atom. The highest BCUT2D eigenvalue weighted by Gasteiger charge is 1.90. The molecule has 0 unspecified atom stereocenters. The Morgan fingerprint density at radius 1 is 1.58 bits per heavy atom. The molecular formula is C8H11NO3. The number of carbonyl (C=O) groups is 1. The van der Waals surface area contributed by atoms with Gasteiger partial charge in [0, 0.05) is 11.8 Å². The fourth-order valence-corrected chi connectivity index (χ4v) is 0.258. The number of carboxylic acid groups (broad SMARTS) is 1. The van der Waals surface area contributed by atoms with Gasteiger partial charge < -0.3 is 9.94 Å². The maximum atomic E-state index is 9.60. The molecule has 0 saturated heterocycles. The van der Waals surface area contributed by atoms with Gasteiger partial charge >= 0.3 is 5.97 Å². The van der Waals surface area contributed by atoms with E-state index in [1.165, 1.54) is 6.92 Å². The first-order valence-electron chi connectivity index (χ1n) is 3.26. The summed E-state index contributed by atoms with van der Waals surface area (Å²) in [6.45, 7) is 4.60. The van der Waals surface area contributed by atoms with E-state index in [-0.39, 0.29) is 5.57 Å². The van der Waals surface area contributed by atoms with Crippen LogP contribution in [0.5, 0.6) is 0 Å². The van der Waals surface area contributed by atoms with Crippen LogP contribution in [0.1, 0.15) is 6.92 Å². The molecule has 0 fully saturated rings. The van der Waals surface area contributed by atoms with Crippen molar-refractivity contribution in [3.05, 3.63) is 36.8 Å². The van der Waals surface area contributed by atoms with Gasteiger partial charge in [-0.2, -0.15) is 0 Å². The molecule has 0 spiro atoms. The van der Waals surface area contributed by atoms with Gasteiger partial charge in [-0.3, -0.25) is 0 Å². The summed E-state index contributed by atoms with van der Waals surface area (Å²) >= 11 is 0. The average molecular weight is 169 g/mol. The minimum Gasteiger partial charge on any atom is -0.478 e. The second-order valence-electron chi connectivity index (χ2n) is 2.01. The zero-order valence-electron chi connectivity index (χ0n) is 6.78. The number of allylic oxidation sites excluding steroid dienone is 2. The van der Waals surface area contributed by atoms with Crippen LogP contribution in [0.4, 0.5) is 0 Å². The highest BCUT2D eigenvalue weighted by atomic mass is 16.6. The number of hydrogen-bond acceptors (Lipinski definition) is 3. The minimum atomic E-state index is -0.935. The van der Waals surface area contributed by atoms with Crippen molar-refractivity contribution in [2.75, 3.05) is 0 Å². The molecule has 0 aromatic rings. The molecule has 0 radical (unpaired) electrons. The molecule has 4 nitrogen and oxygen atoms in total. The fourth-order valence-electron chi connectivity index (χ4n) is 0.258. The SMILES string of the molecule is C1=CNOC=C1.C=C(C)C(=O)O. The molecule has 0 atom stereocenters. The van der Waals surface area contributed by atoms with E-state index in [1.54, 1.807) is 18.5 Å². The van der Waals surface area contributed by atoms with Crippen molar-refractivity contribution in [1.29, 1.82) is 0 Å². The molecule has 0 bridgehead atoms. The van der Waals surface area contributed by atoms with Gasteiger partial charge in [0.25, 0.3) is 0 Å². The van der Waals surface area contributed by atoms with Crippen LogP contribution >= 0.6 is 0 Å². The lowest BCUT2D eigenvalue weighted by molar-refractivity contribution is -0.132. The van der Waals surface area contributed by atoms with Gasteiger partial charge in [0.15, 0.2) is 0 Å². The first-order chi connectivity index (χ1) is 5.64. The van der Waals surface area contributed by atoms with Crippen LogP contribution in [0.2, 0.25) is 0 Å². The van der Waals surface area contributed by atoms with Gasteiger partial charge in [0.1, 0.15) is 6.26 Å². The molecule has 1 aliphatic rings. The van der Waals surface area contributed by atoms with E-state index in [2.05, 4.69) is 16.9 Å². The van der Waals surface area contributed by atoms with Gasteiger partial charge in [-0.1, -0.05) is 6.58 Å². The minimum absolute atomic E-state index is 0.176. The highest BCUT2D eigenvalue weighted by Crippen LogP contribution is 1.81. The third-order valence-electron chi connectivity index (χ3n) is 0.855. The number of rotatable bonds is 1. The average Bonchev–Trinajstić information content (AvgIpc) is 2.08. The second-order valence-corrected chi connectivity index (χ2v) is 2.01. The van der Waals surface area contributed by atoms with E-state index in [0.717, 1.165) is 0 Å². The Labute approximate surface area is 70.8 Å². The maximum absolute atomic E-state index is 9.60. The Kier molecular flexibility index (Phi) is 5.17. The summed E-state index contributed by atoms with van der Waals surface area (Å²) in [5.41, 5.74) is 2.69. The Bertz CT molecular complexity index is 194. The Hall–Kier alpha value is -1.71. The van der Waals surface area contributed by atoms with Crippen LogP contribution in [0.15, 0.2) is 36.8 Å². The number of nitrogens with one attached hydrogen (secondary N) is 1. The number of hydrogen-bond donors (Lipinski definition) is 2. The highest BCUT2D eigenvalue weighted by molar-refractivity contribution is 5.84. The first kappa shape index (κ1) is 10.3. The molecule has 2 N–H and O–H groups in total. The van der Waals surface area contributed by atoms with Gasteiger partial charge in [0.2, 0.25) is 0 Å². The van der Waals surface area contributed by atoms with E-state index in [9.17, 15) is 4.79 Å². The van der Waals surface area contributed by atoms with Crippen LogP contribution < -0.4 is 5.48 Å². The molecule has 1 rings (SSSR count). The predicted octanol–water partition coefficient (Wildman–Crippen LogP) is 1.20. The monoisotopic (exact) mass is 169 g/mol. The number of carboxylic acids is 1. The molecule has 12 heavy (non-hydrogen) atoms. The lowest BCUT2D eigenvalue weighted by Crippen LogP contribution is -2.01. The topological polar surface area (TPSA) is 58.6 Å².